The van der Waals surface area contributed by atoms with E-state index in [1.165, 1.54) is 0 Å². The van der Waals surface area contributed by atoms with Gasteiger partial charge in [-0.2, -0.15) is 0 Å². The number of rotatable bonds is 3. The summed E-state index contributed by atoms with van der Waals surface area (Å²) in [6.07, 6.45) is 7.21. The van der Waals surface area contributed by atoms with E-state index in [1.54, 1.807) is 25.7 Å². The van der Waals surface area contributed by atoms with E-state index in [0.717, 1.165) is 50.0 Å². The molecule has 5 rings (SSSR count). The number of pyridine rings is 3. The Labute approximate surface area is 148 Å². The lowest BCUT2D eigenvalue weighted by atomic mass is 10.1. The van der Waals surface area contributed by atoms with Crippen LogP contribution < -0.4 is 10.1 Å². The first kappa shape index (κ1) is 14.7. The first-order chi connectivity index (χ1) is 12.8. The number of nitrogens with zero attached hydrogens (tertiary/aromatic N) is 3. The number of anilines is 2. The molecule has 1 aromatic carbocycles. The van der Waals surface area contributed by atoms with E-state index >= 15 is 0 Å². The van der Waals surface area contributed by atoms with Gasteiger partial charge in [0.15, 0.2) is 5.82 Å². The summed E-state index contributed by atoms with van der Waals surface area (Å²) < 4.78 is 5.31. The number of H-pyrrole nitrogens is 1. The van der Waals surface area contributed by atoms with Gasteiger partial charge in [-0.25, -0.2) is 4.98 Å². The Kier molecular flexibility index (Phi) is 3.21. The monoisotopic (exact) mass is 341 g/mol. The third-order valence-electron chi connectivity index (χ3n) is 4.47. The van der Waals surface area contributed by atoms with Gasteiger partial charge in [-0.3, -0.25) is 9.97 Å². The van der Waals surface area contributed by atoms with Crippen LogP contribution in [0.2, 0.25) is 0 Å². The number of benzene rings is 1. The van der Waals surface area contributed by atoms with Gasteiger partial charge < -0.3 is 15.0 Å². The molecule has 0 aliphatic carbocycles. The van der Waals surface area contributed by atoms with Gasteiger partial charge in [0.1, 0.15) is 5.75 Å². The van der Waals surface area contributed by atoms with Crippen molar-refractivity contribution in [1.82, 2.24) is 19.9 Å². The van der Waals surface area contributed by atoms with Crippen LogP contribution in [0.15, 0.2) is 61.2 Å². The smallest absolute Gasteiger partial charge is 0.155 e. The average molecular weight is 341 g/mol. The number of aromatic nitrogens is 4. The predicted octanol–water partition coefficient (Wildman–Crippen LogP) is 4.41. The molecule has 0 fully saturated rings. The molecule has 0 spiro atoms. The molecule has 4 aromatic heterocycles. The molecule has 0 aliphatic rings. The quantitative estimate of drug-likeness (QED) is 0.508. The highest BCUT2D eigenvalue weighted by Gasteiger charge is 2.14. The van der Waals surface area contributed by atoms with Crippen LogP contribution in [0.4, 0.5) is 11.5 Å². The Hall–Kier alpha value is -3.67. The van der Waals surface area contributed by atoms with Crippen molar-refractivity contribution < 1.29 is 4.74 Å². The number of aromatic amines is 1. The van der Waals surface area contributed by atoms with Crippen LogP contribution in [0.5, 0.6) is 5.75 Å². The maximum atomic E-state index is 5.31. The molecule has 0 saturated carbocycles. The second kappa shape index (κ2) is 5.70. The van der Waals surface area contributed by atoms with Crippen molar-refractivity contribution in [2.45, 2.75) is 0 Å². The molecule has 0 amide bonds. The van der Waals surface area contributed by atoms with Gasteiger partial charge in [0, 0.05) is 40.3 Å². The maximum Gasteiger partial charge on any atom is 0.155 e. The molecule has 0 aliphatic heterocycles. The summed E-state index contributed by atoms with van der Waals surface area (Å²) in [5.74, 6) is 1.53. The highest BCUT2D eigenvalue weighted by atomic mass is 16.5. The van der Waals surface area contributed by atoms with Gasteiger partial charge in [0.25, 0.3) is 0 Å². The number of hydrogen-bond acceptors (Lipinski definition) is 5. The number of fused-ring (bicyclic) bond motifs is 5. The van der Waals surface area contributed by atoms with Gasteiger partial charge >= 0.3 is 0 Å². The minimum Gasteiger partial charge on any atom is -0.497 e. The molecule has 0 radical (unpaired) electrons. The first-order valence-corrected chi connectivity index (χ1v) is 8.24. The van der Waals surface area contributed by atoms with Crippen molar-refractivity contribution >= 4 is 44.2 Å². The van der Waals surface area contributed by atoms with Crippen molar-refractivity contribution in [3.8, 4) is 5.75 Å². The molecular formula is C20H15N5O. The fourth-order valence-corrected chi connectivity index (χ4v) is 3.29. The zero-order valence-electron chi connectivity index (χ0n) is 14.0. The fourth-order valence-electron chi connectivity index (χ4n) is 3.29. The minimum atomic E-state index is 0.741. The van der Waals surface area contributed by atoms with Gasteiger partial charge in [-0.05, 0) is 24.3 Å². The highest BCUT2D eigenvalue weighted by molar-refractivity contribution is 6.21. The van der Waals surface area contributed by atoms with Gasteiger partial charge in [-0.15, -0.1) is 0 Å². The average Bonchev–Trinajstić information content (AvgIpc) is 3.08. The summed E-state index contributed by atoms with van der Waals surface area (Å²) in [6, 6.07) is 11.8. The number of hydrogen-bond donors (Lipinski definition) is 2. The van der Waals surface area contributed by atoms with E-state index in [9.17, 15) is 0 Å². The van der Waals surface area contributed by atoms with Crippen LogP contribution >= 0.6 is 0 Å². The van der Waals surface area contributed by atoms with Crippen molar-refractivity contribution in [3.05, 3.63) is 61.2 Å². The normalized spacial score (nSPS) is 11.3. The second-order valence-electron chi connectivity index (χ2n) is 6.01. The largest absolute Gasteiger partial charge is 0.497 e. The Balaban J connectivity index is 1.80. The van der Waals surface area contributed by atoms with Crippen molar-refractivity contribution in [3.63, 3.8) is 0 Å². The number of nitrogens with one attached hydrogen (secondary N) is 2. The SMILES string of the molecule is COc1cccc(Nc2nc3cnccc3c3c2[nH]c2cnccc23)c1. The van der Waals surface area contributed by atoms with Crippen LogP contribution in [-0.2, 0) is 0 Å². The zero-order valence-corrected chi connectivity index (χ0v) is 14.0. The highest BCUT2D eigenvalue weighted by Crippen LogP contribution is 2.35. The van der Waals surface area contributed by atoms with Crippen molar-refractivity contribution in [2.24, 2.45) is 0 Å². The molecule has 126 valence electrons. The lowest BCUT2D eigenvalue weighted by Gasteiger charge is -2.10. The Morgan fingerprint density at radius 1 is 1.00 bits per heavy atom. The van der Waals surface area contributed by atoms with E-state index in [2.05, 4.69) is 20.3 Å². The van der Waals surface area contributed by atoms with E-state index in [4.69, 9.17) is 9.72 Å². The molecular weight excluding hydrogens is 326 g/mol. The summed E-state index contributed by atoms with van der Waals surface area (Å²) in [4.78, 5) is 16.7. The molecule has 6 heteroatoms. The van der Waals surface area contributed by atoms with E-state index in [-0.39, 0.29) is 0 Å². The molecule has 0 bridgehead atoms. The van der Waals surface area contributed by atoms with Gasteiger partial charge in [-0.1, -0.05) is 6.07 Å². The molecule has 0 atom stereocenters. The summed E-state index contributed by atoms with van der Waals surface area (Å²) in [7, 11) is 1.65. The Bertz CT molecular complexity index is 1260. The Morgan fingerprint density at radius 3 is 2.73 bits per heavy atom. The van der Waals surface area contributed by atoms with Crippen LogP contribution in [0.3, 0.4) is 0 Å². The van der Waals surface area contributed by atoms with Crippen molar-refractivity contribution in [2.75, 3.05) is 12.4 Å². The zero-order chi connectivity index (χ0) is 17.5. The topological polar surface area (TPSA) is 75.7 Å². The number of ether oxygens (including phenoxy) is 1. The molecule has 5 aromatic rings. The predicted molar refractivity (Wildman–Crippen MR) is 103 cm³/mol. The van der Waals surface area contributed by atoms with E-state index in [1.807, 2.05) is 42.6 Å². The molecule has 2 N–H and O–H groups in total. The molecule has 26 heavy (non-hydrogen) atoms. The summed E-state index contributed by atoms with van der Waals surface area (Å²) in [5.41, 5.74) is 3.65. The third kappa shape index (κ3) is 2.23. The maximum absolute atomic E-state index is 5.31. The summed E-state index contributed by atoms with van der Waals surface area (Å²) in [6.45, 7) is 0. The minimum absolute atomic E-state index is 0.741. The number of methoxy groups -OCH3 is 1. The van der Waals surface area contributed by atoms with Crippen LogP contribution in [0.25, 0.3) is 32.7 Å². The standard InChI is InChI=1S/C20H15N5O/c1-26-13-4-2-3-12(9-13)23-20-19-18(14-5-7-21-10-16(14)24-19)15-6-8-22-11-17(15)25-20/h2-11,24H,1H3,(H,23,25). The molecule has 0 unspecified atom stereocenters. The van der Waals surface area contributed by atoms with Crippen LogP contribution in [-0.4, -0.2) is 27.0 Å². The van der Waals surface area contributed by atoms with E-state index in [0.29, 0.717) is 0 Å². The van der Waals surface area contributed by atoms with E-state index < -0.39 is 0 Å². The van der Waals surface area contributed by atoms with Crippen LogP contribution in [0.1, 0.15) is 0 Å². The van der Waals surface area contributed by atoms with Gasteiger partial charge in [0.05, 0.1) is 36.1 Å². The summed E-state index contributed by atoms with van der Waals surface area (Å²) in [5, 5.41) is 6.69. The lowest BCUT2D eigenvalue weighted by Crippen LogP contribution is -1.96. The Morgan fingerprint density at radius 2 is 1.85 bits per heavy atom. The van der Waals surface area contributed by atoms with Gasteiger partial charge in [0.2, 0.25) is 0 Å². The van der Waals surface area contributed by atoms with Crippen LogP contribution in [0, 0.1) is 0 Å². The molecule has 6 nitrogen and oxygen atoms in total. The van der Waals surface area contributed by atoms with Crippen molar-refractivity contribution in [1.29, 1.82) is 0 Å². The molecule has 0 saturated heterocycles. The third-order valence-corrected chi connectivity index (χ3v) is 4.47. The lowest BCUT2D eigenvalue weighted by molar-refractivity contribution is 0.415. The fraction of sp³-hybridized carbons (Fsp3) is 0.0500. The second-order valence-corrected chi connectivity index (χ2v) is 6.01. The first-order valence-electron chi connectivity index (χ1n) is 8.24. The molecule has 4 heterocycles. The summed E-state index contributed by atoms with van der Waals surface area (Å²) >= 11 is 0.